The van der Waals surface area contributed by atoms with E-state index in [9.17, 15) is 0 Å². The van der Waals surface area contributed by atoms with E-state index in [-0.39, 0.29) is 0 Å². The Hall–Kier alpha value is -0.860. The van der Waals surface area contributed by atoms with Gasteiger partial charge in [-0.2, -0.15) is 0 Å². The normalized spacial score (nSPS) is 14.9. The van der Waals surface area contributed by atoms with Gasteiger partial charge >= 0.3 is 0 Å². The van der Waals surface area contributed by atoms with E-state index >= 15 is 0 Å². The summed E-state index contributed by atoms with van der Waals surface area (Å²) in [5, 5.41) is 3.47. The van der Waals surface area contributed by atoms with Gasteiger partial charge in [0.2, 0.25) is 0 Å². The van der Waals surface area contributed by atoms with Crippen molar-refractivity contribution in [2.24, 2.45) is 0 Å². The molecule has 1 aromatic rings. The Morgan fingerprint density at radius 2 is 1.82 bits per heavy atom. The second-order valence-corrected chi connectivity index (χ2v) is 4.94. The fourth-order valence-electron chi connectivity index (χ4n) is 2.15. The predicted octanol–water partition coefficient (Wildman–Crippen LogP) is 2.90. The minimum Gasteiger partial charge on any atom is -0.314 e. The van der Waals surface area contributed by atoms with Crippen molar-refractivity contribution in [1.82, 2.24) is 10.2 Å². The molecule has 0 aliphatic rings. The number of hydrogen-bond donors (Lipinski definition) is 1. The van der Waals surface area contributed by atoms with Gasteiger partial charge in [0.15, 0.2) is 0 Å². The van der Waals surface area contributed by atoms with Crippen molar-refractivity contribution in [2.75, 3.05) is 13.6 Å². The van der Waals surface area contributed by atoms with Gasteiger partial charge in [0.1, 0.15) is 0 Å². The summed E-state index contributed by atoms with van der Waals surface area (Å²) in [6, 6.07) is 11.9. The zero-order valence-corrected chi connectivity index (χ0v) is 11.6. The third-order valence-electron chi connectivity index (χ3n) is 3.27. The minimum atomic E-state index is 0.591. The molecule has 0 saturated carbocycles. The second-order valence-electron chi connectivity index (χ2n) is 4.94. The molecule has 0 saturated heterocycles. The molecule has 0 spiro atoms. The maximum Gasteiger partial charge on any atom is 0.0233 e. The van der Waals surface area contributed by atoms with Crippen LogP contribution in [0.5, 0.6) is 0 Å². The lowest BCUT2D eigenvalue weighted by atomic mass is 10.1. The van der Waals surface area contributed by atoms with Gasteiger partial charge in [0, 0.05) is 18.6 Å². The van der Waals surface area contributed by atoms with E-state index in [0.29, 0.717) is 12.1 Å². The monoisotopic (exact) mass is 234 g/mol. The lowest BCUT2D eigenvalue weighted by Gasteiger charge is -2.27. The molecule has 1 rings (SSSR count). The van der Waals surface area contributed by atoms with Crippen LogP contribution in [0.15, 0.2) is 30.3 Å². The number of nitrogens with one attached hydrogen (secondary N) is 1. The summed E-state index contributed by atoms with van der Waals surface area (Å²) in [6.45, 7) is 8.80. The van der Waals surface area contributed by atoms with E-state index in [4.69, 9.17) is 0 Å². The van der Waals surface area contributed by atoms with Crippen LogP contribution in [0.25, 0.3) is 0 Å². The van der Waals surface area contributed by atoms with Crippen molar-refractivity contribution in [3.05, 3.63) is 35.9 Å². The first-order chi connectivity index (χ1) is 8.13. The molecular weight excluding hydrogens is 208 g/mol. The summed E-state index contributed by atoms with van der Waals surface area (Å²) in [4.78, 5) is 2.42. The third kappa shape index (κ3) is 5.33. The Morgan fingerprint density at radius 3 is 2.41 bits per heavy atom. The Bertz CT molecular complexity index is 297. The molecular formula is C15H26N2. The molecule has 2 atom stereocenters. The summed E-state index contributed by atoms with van der Waals surface area (Å²) >= 11 is 0. The smallest absolute Gasteiger partial charge is 0.0233 e. The van der Waals surface area contributed by atoms with Crippen LogP contribution in [0, 0.1) is 0 Å². The predicted molar refractivity (Wildman–Crippen MR) is 75.1 cm³/mol. The highest BCUT2D eigenvalue weighted by molar-refractivity contribution is 5.14. The summed E-state index contributed by atoms with van der Waals surface area (Å²) in [5.74, 6) is 0. The lowest BCUT2D eigenvalue weighted by molar-refractivity contribution is 0.223. The molecule has 17 heavy (non-hydrogen) atoms. The molecule has 2 nitrogen and oxygen atoms in total. The Kier molecular flexibility index (Phi) is 6.23. The molecule has 1 aromatic carbocycles. The summed E-state index contributed by atoms with van der Waals surface area (Å²) in [7, 11) is 2.20. The number of benzene rings is 1. The zero-order chi connectivity index (χ0) is 12.7. The van der Waals surface area contributed by atoms with Gasteiger partial charge in [-0.05, 0) is 39.4 Å². The lowest BCUT2D eigenvalue weighted by Crippen LogP contribution is -2.36. The molecule has 1 N–H and O–H groups in total. The maximum atomic E-state index is 3.47. The van der Waals surface area contributed by atoms with Crippen molar-refractivity contribution >= 4 is 0 Å². The molecule has 0 bridgehead atoms. The zero-order valence-electron chi connectivity index (χ0n) is 11.6. The molecule has 96 valence electrons. The number of nitrogens with zero attached hydrogens (tertiary/aromatic N) is 1. The molecule has 0 radical (unpaired) electrons. The highest BCUT2D eigenvalue weighted by atomic mass is 15.1. The van der Waals surface area contributed by atoms with Crippen LogP contribution in [0.2, 0.25) is 0 Å². The fourth-order valence-corrected chi connectivity index (χ4v) is 2.15. The van der Waals surface area contributed by atoms with Gasteiger partial charge < -0.3 is 5.32 Å². The van der Waals surface area contributed by atoms with Gasteiger partial charge in [-0.1, -0.05) is 37.3 Å². The van der Waals surface area contributed by atoms with Crippen LogP contribution >= 0.6 is 0 Å². The van der Waals surface area contributed by atoms with Gasteiger partial charge in [-0.15, -0.1) is 0 Å². The van der Waals surface area contributed by atoms with E-state index in [2.05, 4.69) is 68.4 Å². The van der Waals surface area contributed by atoms with Crippen LogP contribution in [0.3, 0.4) is 0 Å². The third-order valence-corrected chi connectivity index (χ3v) is 3.27. The molecule has 0 amide bonds. The quantitative estimate of drug-likeness (QED) is 0.780. The average molecular weight is 234 g/mol. The number of hydrogen-bond acceptors (Lipinski definition) is 2. The second kappa shape index (κ2) is 7.46. The van der Waals surface area contributed by atoms with Crippen molar-refractivity contribution in [1.29, 1.82) is 0 Å². The Morgan fingerprint density at radius 1 is 1.18 bits per heavy atom. The fraction of sp³-hybridized carbons (Fsp3) is 0.600. The van der Waals surface area contributed by atoms with E-state index < -0.39 is 0 Å². The summed E-state index contributed by atoms with van der Waals surface area (Å²) < 4.78 is 0. The van der Waals surface area contributed by atoms with Crippen molar-refractivity contribution in [3.8, 4) is 0 Å². The van der Waals surface area contributed by atoms with Crippen molar-refractivity contribution < 1.29 is 0 Å². The summed E-state index contributed by atoms with van der Waals surface area (Å²) in [5.41, 5.74) is 1.39. The first kappa shape index (κ1) is 14.2. The average Bonchev–Trinajstić information content (AvgIpc) is 2.30. The van der Waals surface area contributed by atoms with Crippen molar-refractivity contribution in [3.63, 3.8) is 0 Å². The van der Waals surface area contributed by atoms with Crippen LogP contribution in [-0.2, 0) is 6.54 Å². The van der Waals surface area contributed by atoms with E-state index in [0.717, 1.165) is 13.1 Å². The van der Waals surface area contributed by atoms with Crippen LogP contribution < -0.4 is 5.32 Å². The molecule has 2 heteroatoms. The molecule has 0 fully saturated rings. The van der Waals surface area contributed by atoms with E-state index in [1.54, 1.807) is 0 Å². The first-order valence-electron chi connectivity index (χ1n) is 6.61. The van der Waals surface area contributed by atoms with Crippen LogP contribution in [-0.4, -0.2) is 30.6 Å². The SMILES string of the molecule is CCNC(C)CC(C)N(C)Cc1ccccc1. The van der Waals surface area contributed by atoms with Gasteiger partial charge in [0.25, 0.3) is 0 Å². The Labute approximate surface area is 106 Å². The minimum absolute atomic E-state index is 0.591. The Balaban J connectivity index is 2.39. The van der Waals surface area contributed by atoms with Gasteiger partial charge in [-0.25, -0.2) is 0 Å². The first-order valence-corrected chi connectivity index (χ1v) is 6.61. The molecule has 0 aliphatic heterocycles. The van der Waals surface area contributed by atoms with Crippen LogP contribution in [0.1, 0.15) is 32.8 Å². The van der Waals surface area contributed by atoms with E-state index in [1.807, 2.05) is 0 Å². The topological polar surface area (TPSA) is 15.3 Å². The number of rotatable bonds is 7. The molecule has 0 aliphatic carbocycles. The van der Waals surface area contributed by atoms with Crippen LogP contribution in [0.4, 0.5) is 0 Å². The maximum absolute atomic E-state index is 3.47. The standard InChI is InChI=1S/C15H26N2/c1-5-16-13(2)11-14(3)17(4)12-15-9-7-6-8-10-15/h6-10,13-14,16H,5,11-12H2,1-4H3. The highest BCUT2D eigenvalue weighted by Gasteiger charge is 2.12. The van der Waals surface area contributed by atoms with Gasteiger partial charge in [-0.3, -0.25) is 4.90 Å². The molecule has 2 unspecified atom stereocenters. The molecule has 0 aromatic heterocycles. The van der Waals surface area contributed by atoms with E-state index in [1.165, 1.54) is 12.0 Å². The molecule has 0 heterocycles. The largest absolute Gasteiger partial charge is 0.314 e. The summed E-state index contributed by atoms with van der Waals surface area (Å²) in [6.07, 6.45) is 1.19. The van der Waals surface area contributed by atoms with Crippen molar-refractivity contribution in [2.45, 2.75) is 45.8 Å². The highest BCUT2D eigenvalue weighted by Crippen LogP contribution is 2.09. The van der Waals surface area contributed by atoms with Gasteiger partial charge in [0.05, 0.1) is 0 Å².